The van der Waals surface area contributed by atoms with Crippen molar-refractivity contribution < 1.29 is 4.79 Å². The van der Waals surface area contributed by atoms with Gasteiger partial charge in [0.05, 0.1) is 10.0 Å². The minimum absolute atomic E-state index is 0. The maximum absolute atomic E-state index is 12.2. The predicted molar refractivity (Wildman–Crippen MR) is 95.3 cm³/mol. The van der Waals surface area contributed by atoms with Crippen molar-refractivity contribution >= 4 is 41.5 Å². The van der Waals surface area contributed by atoms with Gasteiger partial charge in [0.25, 0.3) is 0 Å². The van der Waals surface area contributed by atoms with Crippen molar-refractivity contribution in [3.63, 3.8) is 0 Å². The van der Waals surface area contributed by atoms with E-state index in [1.807, 2.05) is 30.1 Å². The number of benzene rings is 1. The number of nitrogens with zero attached hydrogens (tertiary/aromatic N) is 1. The highest BCUT2D eigenvalue weighted by atomic mass is 35.5. The van der Waals surface area contributed by atoms with Crippen LogP contribution in [0.25, 0.3) is 0 Å². The maximum atomic E-state index is 12.2. The van der Waals surface area contributed by atoms with Crippen LogP contribution in [0.1, 0.15) is 31.2 Å². The zero-order valence-electron chi connectivity index (χ0n) is 12.8. The Morgan fingerprint density at radius 1 is 1.27 bits per heavy atom. The Morgan fingerprint density at radius 2 is 1.95 bits per heavy atom. The average Bonchev–Trinajstić information content (AvgIpc) is 2.51. The molecule has 1 aromatic carbocycles. The molecule has 1 saturated heterocycles. The second kappa shape index (κ2) is 9.61. The van der Waals surface area contributed by atoms with E-state index in [1.54, 1.807) is 0 Å². The van der Waals surface area contributed by atoms with Gasteiger partial charge >= 0.3 is 0 Å². The van der Waals surface area contributed by atoms with Crippen LogP contribution in [0.4, 0.5) is 0 Å². The van der Waals surface area contributed by atoms with Gasteiger partial charge in [-0.3, -0.25) is 4.79 Å². The Balaban J connectivity index is 0.00000242. The summed E-state index contributed by atoms with van der Waals surface area (Å²) in [6.45, 7) is 2.01. The van der Waals surface area contributed by atoms with Crippen molar-refractivity contribution in [1.82, 2.24) is 10.2 Å². The lowest BCUT2D eigenvalue weighted by atomic mass is 10.0. The maximum Gasteiger partial charge on any atom is 0.222 e. The Kier molecular flexibility index (Phi) is 8.55. The zero-order valence-corrected chi connectivity index (χ0v) is 15.1. The van der Waals surface area contributed by atoms with E-state index in [4.69, 9.17) is 23.2 Å². The van der Waals surface area contributed by atoms with Crippen LogP contribution in [-0.2, 0) is 11.2 Å². The van der Waals surface area contributed by atoms with Gasteiger partial charge in [-0.1, -0.05) is 29.3 Å². The number of carbonyl (C=O) groups excluding carboxylic acids is 1. The van der Waals surface area contributed by atoms with Crippen LogP contribution >= 0.6 is 35.6 Å². The first kappa shape index (κ1) is 19.6. The van der Waals surface area contributed by atoms with Crippen molar-refractivity contribution in [3.8, 4) is 0 Å². The SMILES string of the molecule is CN(C(=O)CCCc1ccc(Cl)c(Cl)c1)C1CCNCC1.Cl. The number of hydrogen-bond acceptors (Lipinski definition) is 2. The number of carbonyl (C=O) groups is 1. The molecule has 22 heavy (non-hydrogen) atoms. The largest absolute Gasteiger partial charge is 0.343 e. The van der Waals surface area contributed by atoms with Gasteiger partial charge < -0.3 is 10.2 Å². The molecule has 1 N–H and O–H groups in total. The van der Waals surface area contributed by atoms with E-state index in [9.17, 15) is 4.79 Å². The molecule has 0 bridgehead atoms. The fourth-order valence-electron chi connectivity index (χ4n) is 2.71. The summed E-state index contributed by atoms with van der Waals surface area (Å²) in [5, 5.41) is 4.47. The molecule has 1 aliphatic heterocycles. The van der Waals surface area contributed by atoms with Gasteiger partial charge in [0.15, 0.2) is 0 Å². The number of aryl methyl sites for hydroxylation is 1. The summed E-state index contributed by atoms with van der Waals surface area (Å²) in [5.41, 5.74) is 1.13. The van der Waals surface area contributed by atoms with E-state index < -0.39 is 0 Å². The van der Waals surface area contributed by atoms with Crippen LogP contribution in [0, 0.1) is 0 Å². The van der Waals surface area contributed by atoms with Crippen LogP contribution in [0.15, 0.2) is 18.2 Å². The van der Waals surface area contributed by atoms with Crippen LogP contribution in [-0.4, -0.2) is 37.0 Å². The number of amides is 1. The summed E-state index contributed by atoms with van der Waals surface area (Å²) in [6, 6.07) is 6.05. The molecule has 1 aromatic rings. The average molecular weight is 366 g/mol. The Hall–Kier alpha value is -0.480. The van der Waals surface area contributed by atoms with Crippen LogP contribution in [0.3, 0.4) is 0 Å². The molecule has 1 fully saturated rings. The lowest BCUT2D eigenvalue weighted by Crippen LogP contribution is -2.43. The van der Waals surface area contributed by atoms with Gasteiger partial charge in [-0.25, -0.2) is 0 Å². The van der Waals surface area contributed by atoms with Crippen molar-refractivity contribution in [2.75, 3.05) is 20.1 Å². The monoisotopic (exact) mass is 364 g/mol. The molecule has 1 heterocycles. The highest BCUT2D eigenvalue weighted by molar-refractivity contribution is 6.42. The molecule has 0 unspecified atom stereocenters. The highest BCUT2D eigenvalue weighted by Gasteiger charge is 2.21. The molecule has 0 aromatic heterocycles. The number of halogens is 3. The van der Waals surface area contributed by atoms with Crippen LogP contribution < -0.4 is 5.32 Å². The number of hydrogen-bond donors (Lipinski definition) is 1. The molecule has 3 nitrogen and oxygen atoms in total. The molecule has 124 valence electrons. The third-order valence-electron chi connectivity index (χ3n) is 4.09. The summed E-state index contributed by atoms with van der Waals surface area (Å²) in [7, 11) is 1.93. The van der Waals surface area contributed by atoms with E-state index in [-0.39, 0.29) is 18.3 Å². The molecule has 1 aliphatic rings. The smallest absolute Gasteiger partial charge is 0.222 e. The van der Waals surface area contributed by atoms with E-state index in [1.165, 1.54) is 0 Å². The van der Waals surface area contributed by atoms with Gasteiger partial charge in [0, 0.05) is 19.5 Å². The molecule has 0 saturated carbocycles. The molecule has 0 atom stereocenters. The van der Waals surface area contributed by atoms with Crippen LogP contribution in [0.2, 0.25) is 10.0 Å². The third-order valence-corrected chi connectivity index (χ3v) is 4.83. The van der Waals surface area contributed by atoms with Gasteiger partial charge in [0.2, 0.25) is 5.91 Å². The van der Waals surface area contributed by atoms with Crippen molar-refractivity contribution in [2.45, 2.75) is 38.1 Å². The minimum atomic E-state index is 0. The van der Waals surface area contributed by atoms with E-state index in [0.717, 1.165) is 44.3 Å². The first-order valence-corrected chi connectivity index (χ1v) is 8.24. The second-order valence-corrected chi connectivity index (χ2v) is 6.40. The fourth-order valence-corrected chi connectivity index (χ4v) is 3.03. The molecule has 0 radical (unpaired) electrons. The standard InChI is InChI=1S/C16H22Cl2N2O.ClH/c1-20(13-7-9-19-10-8-13)16(21)4-2-3-12-5-6-14(17)15(18)11-12;/h5-6,11,13,19H,2-4,7-10H2,1H3;1H. The Bertz CT molecular complexity index is 490. The third kappa shape index (κ3) is 5.62. The molecule has 1 amide bonds. The molecular formula is C16H23Cl3N2O. The second-order valence-electron chi connectivity index (χ2n) is 5.59. The number of piperidine rings is 1. The van der Waals surface area contributed by atoms with Gasteiger partial charge in [-0.2, -0.15) is 0 Å². The Labute approximate surface area is 148 Å². The summed E-state index contributed by atoms with van der Waals surface area (Å²) in [5.74, 6) is 0.238. The summed E-state index contributed by atoms with van der Waals surface area (Å²) in [4.78, 5) is 14.1. The van der Waals surface area contributed by atoms with E-state index >= 15 is 0 Å². The lowest BCUT2D eigenvalue weighted by Gasteiger charge is -2.31. The molecular weight excluding hydrogens is 343 g/mol. The zero-order chi connectivity index (χ0) is 15.2. The summed E-state index contributed by atoms with van der Waals surface area (Å²) < 4.78 is 0. The van der Waals surface area contributed by atoms with Crippen LogP contribution in [0.5, 0.6) is 0 Å². The highest BCUT2D eigenvalue weighted by Crippen LogP contribution is 2.23. The van der Waals surface area contributed by atoms with Gasteiger partial charge in [0.1, 0.15) is 0 Å². The van der Waals surface area contributed by atoms with Gasteiger partial charge in [-0.05, 0) is 56.5 Å². The minimum Gasteiger partial charge on any atom is -0.343 e. The fraction of sp³-hybridized carbons (Fsp3) is 0.562. The number of rotatable bonds is 5. The molecule has 2 rings (SSSR count). The van der Waals surface area contributed by atoms with Gasteiger partial charge in [-0.15, -0.1) is 12.4 Å². The van der Waals surface area contributed by atoms with Crippen molar-refractivity contribution in [3.05, 3.63) is 33.8 Å². The normalized spacial score (nSPS) is 15.2. The predicted octanol–water partition coefficient (Wildman–Crippen LogP) is 3.95. The molecule has 0 spiro atoms. The molecule has 0 aliphatic carbocycles. The first-order chi connectivity index (χ1) is 10.1. The number of nitrogens with one attached hydrogen (secondary N) is 1. The lowest BCUT2D eigenvalue weighted by molar-refractivity contribution is -0.132. The Morgan fingerprint density at radius 3 is 2.59 bits per heavy atom. The quantitative estimate of drug-likeness (QED) is 0.857. The molecule has 6 heteroatoms. The van der Waals surface area contributed by atoms with E-state index in [2.05, 4.69) is 5.32 Å². The van der Waals surface area contributed by atoms with E-state index in [0.29, 0.717) is 22.5 Å². The first-order valence-electron chi connectivity index (χ1n) is 7.48. The topological polar surface area (TPSA) is 32.3 Å². The summed E-state index contributed by atoms with van der Waals surface area (Å²) >= 11 is 11.9. The van der Waals surface area contributed by atoms with Crippen molar-refractivity contribution in [2.24, 2.45) is 0 Å². The summed E-state index contributed by atoms with van der Waals surface area (Å²) in [6.07, 6.45) is 4.37. The van der Waals surface area contributed by atoms with Crippen molar-refractivity contribution in [1.29, 1.82) is 0 Å².